The maximum absolute atomic E-state index is 13.3. The fraction of sp³-hybridized carbons (Fsp3) is 0.500. The van der Waals surface area contributed by atoms with E-state index in [2.05, 4.69) is 21.1 Å². The maximum atomic E-state index is 13.3. The number of benzene rings is 1. The van der Waals surface area contributed by atoms with Gasteiger partial charge in [-0.05, 0) is 24.6 Å². The van der Waals surface area contributed by atoms with Crippen molar-refractivity contribution < 1.29 is 13.6 Å². The molecule has 0 amide bonds. The summed E-state index contributed by atoms with van der Waals surface area (Å²) in [5.74, 6) is 0.0606. The van der Waals surface area contributed by atoms with E-state index in [9.17, 15) is 4.39 Å². The van der Waals surface area contributed by atoms with Crippen LogP contribution in [-0.4, -0.2) is 38.8 Å². The highest BCUT2D eigenvalue weighted by atomic mass is 19.1. The third kappa shape index (κ3) is 4.30. The highest BCUT2D eigenvalue weighted by molar-refractivity contribution is 5.28. The van der Waals surface area contributed by atoms with Crippen LogP contribution in [0.1, 0.15) is 5.56 Å². The SMILES string of the molecule is Cc1ccc(OCC[N+](C)(C)C)c(F)c1. The molecule has 1 aromatic carbocycles. The van der Waals surface area contributed by atoms with Crippen molar-refractivity contribution in [1.29, 1.82) is 0 Å². The van der Waals surface area contributed by atoms with Crippen LogP contribution in [0.4, 0.5) is 4.39 Å². The van der Waals surface area contributed by atoms with Crippen molar-refractivity contribution in [2.45, 2.75) is 6.92 Å². The molecule has 0 unspecified atom stereocenters. The quantitative estimate of drug-likeness (QED) is 0.695. The molecule has 0 aromatic heterocycles. The molecule has 0 fully saturated rings. The molecule has 0 heterocycles. The normalized spacial score (nSPS) is 11.5. The number of quaternary nitrogens is 1. The average Bonchev–Trinajstić information content (AvgIpc) is 2.07. The second-order valence-electron chi connectivity index (χ2n) is 4.80. The van der Waals surface area contributed by atoms with Gasteiger partial charge in [0.15, 0.2) is 11.6 Å². The number of aryl methyl sites for hydroxylation is 1. The van der Waals surface area contributed by atoms with Gasteiger partial charge in [0.2, 0.25) is 0 Å². The molecule has 15 heavy (non-hydrogen) atoms. The zero-order valence-corrected chi connectivity index (χ0v) is 9.88. The number of hydrogen-bond acceptors (Lipinski definition) is 1. The van der Waals surface area contributed by atoms with E-state index in [0.29, 0.717) is 12.4 Å². The van der Waals surface area contributed by atoms with Gasteiger partial charge in [0, 0.05) is 0 Å². The molecule has 0 aliphatic heterocycles. The van der Waals surface area contributed by atoms with E-state index in [0.717, 1.165) is 16.6 Å². The molecule has 0 aliphatic rings. The molecule has 2 nitrogen and oxygen atoms in total. The topological polar surface area (TPSA) is 9.23 Å². The Morgan fingerprint density at radius 3 is 2.47 bits per heavy atom. The zero-order valence-electron chi connectivity index (χ0n) is 9.88. The van der Waals surface area contributed by atoms with Crippen molar-refractivity contribution in [2.24, 2.45) is 0 Å². The molecule has 1 aromatic rings. The summed E-state index contributed by atoms with van der Waals surface area (Å²) in [4.78, 5) is 0. The standard InChI is InChI=1S/C12H19FNO/c1-10-5-6-12(11(13)9-10)15-8-7-14(2,3)4/h5-6,9H,7-8H2,1-4H3/q+1. The van der Waals surface area contributed by atoms with Crippen molar-refractivity contribution in [3.63, 3.8) is 0 Å². The van der Waals surface area contributed by atoms with E-state index in [1.54, 1.807) is 6.07 Å². The number of ether oxygens (including phenoxy) is 1. The fourth-order valence-electron chi connectivity index (χ4n) is 1.15. The number of likely N-dealkylation sites (N-methyl/N-ethyl adjacent to an activating group) is 1. The van der Waals surface area contributed by atoms with Crippen LogP contribution in [0.2, 0.25) is 0 Å². The monoisotopic (exact) mass is 212 g/mol. The summed E-state index contributed by atoms with van der Waals surface area (Å²) in [7, 11) is 6.23. The van der Waals surface area contributed by atoms with Crippen molar-refractivity contribution in [2.75, 3.05) is 34.3 Å². The van der Waals surface area contributed by atoms with Gasteiger partial charge in [-0.1, -0.05) is 6.07 Å². The number of nitrogens with zero attached hydrogens (tertiary/aromatic N) is 1. The predicted molar refractivity (Wildman–Crippen MR) is 59.5 cm³/mol. The number of rotatable bonds is 4. The third-order valence-electron chi connectivity index (χ3n) is 2.11. The van der Waals surface area contributed by atoms with E-state index in [1.165, 1.54) is 6.07 Å². The molecule has 0 aliphatic carbocycles. The molecular formula is C12H19FNO+. The zero-order chi connectivity index (χ0) is 11.5. The molecule has 0 radical (unpaired) electrons. The highest BCUT2D eigenvalue weighted by Crippen LogP contribution is 2.17. The second-order valence-corrected chi connectivity index (χ2v) is 4.80. The first-order valence-corrected chi connectivity index (χ1v) is 5.08. The summed E-state index contributed by atoms with van der Waals surface area (Å²) in [6.07, 6.45) is 0. The summed E-state index contributed by atoms with van der Waals surface area (Å²) in [5, 5.41) is 0. The van der Waals surface area contributed by atoms with Crippen molar-refractivity contribution >= 4 is 0 Å². The Hall–Kier alpha value is -1.09. The molecule has 0 atom stereocenters. The van der Waals surface area contributed by atoms with Crippen LogP contribution in [-0.2, 0) is 0 Å². The smallest absolute Gasteiger partial charge is 0.165 e. The van der Waals surface area contributed by atoms with Gasteiger partial charge in [-0.3, -0.25) is 0 Å². The molecule has 0 N–H and O–H groups in total. The van der Waals surface area contributed by atoms with Gasteiger partial charge < -0.3 is 9.22 Å². The van der Waals surface area contributed by atoms with E-state index < -0.39 is 0 Å². The lowest BCUT2D eigenvalue weighted by Crippen LogP contribution is -2.38. The van der Waals surface area contributed by atoms with Gasteiger partial charge in [-0.25, -0.2) is 4.39 Å². The van der Waals surface area contributed by atoms with Gasteiger partial charge in [-0.15, -0.1) is 0 Å². The van der Waals surface area contributed by atoms with Gasteiger partial charge >= 0.3 is 0 Å². The molecule has 84 valence electrons. The van der Waals surface area contributed by atoms with Crippen molar-refractivity contribution in [3.05, 3.63) is 29.6 Å². The van der Waals surface area contributed by atoms with Crippen LogP contribution in [0.3, 0.4) is 0 Å². The highest BCUT2D eigenvalue weighted by Gasteiger charge is 2.08. The largest absolute Gasteiger partial charge is 0.485 e. The summed E-state index contributed by atoms with van der Waals surface area (Å²) in [5.41, 5.74) is 0.909. The first kappa shape index (κ1) is 12.0. The molecule has 0 bridgehead atoms. The molecule has 0 saturated heterocycles. The van der Waals surface area contributed by atoms with Crippen LogP contribution >= 0.6 is 0 Å². The Labute approximate surface area is 90.9 Å². The van der Waals surface area contributed by atoms with E-state index in [4.69, 9.17) is 4.74 Å². The number of hydrogen-bond donors (Lipinski definition) is 0. The molecule has 0 saturated carbocycles. The Morgan fingerprint density at radius 1 is 1.27 bits per heavy atom. The summed E-state index contributed by atoms with van der Waals surface area (Å²) < 4.78 is 19.5. The van der Waals surface area contributed by atoms with Crippen LogP contribution in [0.5, 0.6) is 5.75 Å². The van der Waals surface area contributed by atoms with Crippen molar-refractivity contribution in [3.8, 4) is 5.75 Å². The van der Waals surface area contributed by atoms with E-state index in [1.807, 2.05) is 13.0 Å². The van der Waals surface area contributed by atoms with Gasteiger partial charge in [0.25, 0.3) is 0 Å². The van der Waals surface area contributed by atoms with Gasteiger partial charge in [0.05, 0.1) is 21.1 Å². The molecule has 0 spiro atoms. The van der Waals surface area contributed by atoms with E-state index >= 15 is 0 Å². The lowest BCUT2D eigenvalue weighted by molar-refractivity contribution is -0.870. The van der Waals surface area contributed by atoms with Crippen LogP contribution in [0, 0.1) is 12.7 Å². The lowest BCUT2D eigenvalue weighted by atomic mass is 10.2. The molecule has 3 heteroatoms. The van der Waals surface area contributed by atoms with Gasteiger partial charge in [-0.2, -0.15) is 0 Å². The predicted octanol–water partition coefficient (Wildman–Crippen LogP) is 2.22. The number of halogens is 1. The summed E-state index contributed by atoms with van der Waals surface area (Å²) in [6, 6.07) is 5.02. The second kappa shape index (κ2) is 4.62. The Balaban J connectivity index is 2.51. The first-order chi connectivity index (χ1) is 6.88. The van der Waals surface area contributed by atoms with Crippen LogP contribution in [0.25, 0.3) is 0 Å². The molecule has 1 rings (SSSR count). The fourth-order valence-corrected chi connectivity index (χ4v) is 1.15. The van der Waals surface area contributed by atoms with Crippen LogP contribution < -0.4 is 4.74 Å². The summed E-state index contributed by atoms with van der Waals surface area (Å²) in [6.45, 7) is 3.25. The van der Waals surface area contributed by atoms with Crippen LogP contribution in [0.15, 0.2) is 18.2 Å². The minimum absolute atomic E-state index is 0.281. The Bertz CT molecular complexity index is 331. The third-order valence-corrected chi connectivity index (χ3v) is 2.11. The maximum Gasteiger partial charge on any atom is 0.165 e. The summed E-state index contributed by atoms with van der Waals surface area (Å²) >= 11 is 0. The lowest BCUT2D eigenvalue weighted by Gasteiger charge is -2.23. The first-order valence-electron chi connectivity index (χ1n) is 5.08. The van der Waals surface area contributed by atoms with Gasteiger partial charge in [0.1, 0.15) is 13.2 Å². The Kier molecular flexibility index (Phi) is 3.69. The minimum atomic E-state index is -0.281. The van der Waals surface area contributed by atoms with E-state index in [-0.39, 0.29) is 5.82 Å². The van der Waals surface area contributed by atoms with Crippen molar-refractivity contribution in [1.82, 2.24) is 0 Å². The average molecular weight is 212 g/mol. The Morgan fingerprint density at radius 2 is 1.93 bits per heavy atom. The minimum Gasteiger partial charge on any atom is -0.485 e. The molecular weight excluding hydrogens is 193 g/mol.